The van der Waals surface area contributed by atoms with E-state index in [2.05, 4.69) is 0 Å². The molecule has 2 aromatic rings. The Labute approximate surface area is 138 Å². The lowest BCUT2D eigenvalue weighted by molar-refractivity contribution is 0.0733. The van der Waals surface area contributed by atoms with Crippen molar-refractivity contribution in [1.29, 1.82) is 0 Å². The quantitative estimate of drug-likeness (QED) is 0.616. The van der Waals surface area contributed by atoms with Gasteiger partial charge in [0.1, 0.15) is 5.75 Å². The molecule has 0 aromatic heterocycles. The Morgan fingerprint density at radius 1 is 1.09 bits per heavy atom. The predicted molar refractivity (Wildman–Crippen MR) is 85.7 cm³/mol. The van der Waals surface area contributed by atoms with Gasteiger partial charge in [-0.15, -0.1) is 0 Å². The van der Waals surface area contributed by atoms with Crippen molar-refractivity contribution in [3.63, 3.8) is 0 Å². The number of esters is 1. The van der Waals surface area contributed by atoms with E-state index in [-0.39, 0.29) is 15.5 Å². The fourth-order valence-corrected chi connectivity index (χ4v) is 3.33. The highest BCUT2D eigenvalue weighted by Crippen LogP contribution is 2.25. The Morgan fingerprint density at radius 3 is 2.36 bits per heavy atom. The van der Waals surface area contributed by atoms with E-state index < -0.39 is 15.8 Å². The van der Waals surface area contributed by atoms with Crippen LogP contribution in [-0.4, -0.2) is 20.6 Å². The minimum atomic E-state index is -3.53. The van der Waals surface area contributed by atoms with Crippen LogP contribution in [0.25, 0.3) is 0 Å². The summed E-state index contributed by atoms with van der Waals surface area (Å²) in [6, 6.07) is 8.79. The minimum Gasteiger partial charge on any atom is -0.423 e. The standard InChI is InChI=1S/C15H12Cl2O4S/c1-9-7-11(16)4-6-13(9)21-15(18)10-3-5-12(17)14(8-10)22(2,19)20/h3-8H,1-2H3. The van der Waals surface area contributed by atoms with Gasteiger partial charge < -0.3 is 4.74 Å². The number of hydrogen-bond acceptors (Lipinski definition) is 4. The molecule has 0 amide bonds. The Bertz CT molecular complexity index is 845. The number of aryl methyl sites for hydroxylation is 1. The van der Waals surface area contributed by atoms with E-state index in [1.54, 1.807) is 25.1 Å². The molecule has 7 heteroatoms. The summed E-state index contributed by atoms with van der Waals surface area (Å²) in [7, 11) is -3.53. The molecule has 0 aliphatic heterocycles. The highest BCUT2D eigenvalue weighted by Gasteiger charge is 2.17. The van der Waals surface area contributed by atoms with E-state index >= 15 is 0 Å². The third-order valence-electron chi connectivity index (χ3n) is 2.91. The second-order valence-corrected chi connectivity index (χ2v) is 7.54. The molecule has 0 aliphatic rings. The van der Waals surface area contributed by atoms with Crippen LogP contribution in [0.4, 0.5) is 0 Å². The second-order valence-electron chi connectivity index (χ2n) is 4.72. The van der Waals surface area contributed by atoms with Crippen LogP contribution in [0.5, 0.6) is 5.75 Å². The normalized spacial score (nSPS) is 11.3. The molecule has 2 aromatic carbocycles. The first-order valence-electron chi connectivity index (χ1n) is 6.16. The summed E-state index contributed by atoms with van der Waals surface area (Å²) in [6.07, 6.45) is 1.02. The Morgan fingerprint density at radius 2 is 1.77 bits per heavy atom. The van der Waals surface area contributed by atoms with Gasteiger partial charge in [-0.05, 0) is 48.9 Å². The first-order chi connectivity index (χ1) is 10.2. The first-order valence-corrected chi connectivity index (χ1v) is 8.81. The second kappa shape index (κ2) is 6.28. The number of halogens is 2. The van der Waals surface area contributed by atoms with Crippen molar-refractivity contribution in [2.75, 3.05) is 6.26 Å². The predicted octanol–water partition coefficient (Wildman–Crippen LogP) is 3.92. The molecule has 0 N–H and O–H groups in total. The van der Waals surface area contributed by atoms with Crippen LogP contribution in [0, 0.1) is 6.92 Å². The van der Waals surface area contributed by atoms with Crippen LogP contribution in [-0.2, 0) is 9.84 Å². The molecule has 22 heavy (non-hydrogen) atoms. The number of carbonyl (C=O) groups is 1. The van der Waals surface area contributed by atoms with Crippen LogP contribution in [0.1, 0.15) is 15.9 Å². The number of hydrogen-bond donors (Lipinski definition) is 0. The van der Waals surface area contributed by atoms with Gasteiger partial charge in [0.15, 0.2) is 9.84 Å². The lowest BCUT2D eigenvalue weighted by Gasteiger charge is -2.09. The maximum atomic E-state index is 12.1. The summed E-state index contributed by atoms with van der Waals surface area (Å²) in [5.41, 5.74) is 0.789. The van der Waals surface area contributed by atoms with Gasteiger partial charge in [0.05, 0.1) is 15.5 Å². The number of rotatable bonds is 3. The van der Waals surface area contributed by atoms with Crippen LogP contribution in [0.15, 0.2) is 41.3 Å². The van der Waals surface area contributed by atoms with Crippen molar-refractivity contribution in [3.8, 4) is 5.75 Å². The average molecular weight is 359 g/mol. The molecule has 0 saturated carbocycles. The van der Waals surface area contributed by atoms with Crippen molar-refractivity contribution >= 4 is 39.0 Å². The number of sulfone groups is 1. The Hall–Kier alpha value is -1.56. The highest BCUT2D eigenvalue weighted by molar-refractivity contribution is 7.90. The van der Waals surface area contributed by atoms with Crippen molar-refractivity contribution < 1.29 is 17.9 Å². The molecule has 116 valence electrons. The Kier molecular flexibility index (Phi) is 4.80. The number of ether oxygens (including phenoxy) is 1. The summed E-state index contributed by atoms with van der Waals surface area (Å²) in [5.74, 6) is -0.322. The zero-order valence-corrected chi connectivity index (χ0v) is 14.1. The van der Waals surface area contributed by atoms with E-state index in [9.17, 15) is 13.2 Å². The van der Waals surface area contributed by atoms with E-state index in [0.717, 1.165) is 6.26 Å². The zero-order chi connectivity index (χ0) is 16.5. The van der Waals surface area contributed by atoms with Gasteiger partial charge in [-0.1, -0.05) is 23.2 Å². The Balaban J connectivity index is 2.34. The van der Waals surface area contributed by atoms with Gasteiger partial charge >= 0.3 is 5.97 Å². The van der Waals surface area contributed by atoms with Crippen LogP contribution in [0.3, 0.4) is 0 Å². The lowest BCUT2D eigenvalue weighted by Crippen LogP contribution is -2.10. The molecule has 0 atom stereocenters. The van der Waals surface area contributed by atoms with Gasteiger partial charge in [0, 0.05) is 11.3 Å². The zero-order valence-electron chi connectivity index (χ0n) is 11.8. The molecule has 4 nitrogen and oxygen atoms in total. The van der Waals surface area contributed by atoms with Crippen molar-refractivity contribution in [1.82, 2.24) is 0 Å². The third-order valence-corrected chi connectivity index (χ3v) is 4.72. The van der Waals surface area contributed by atoms with Crippen LogP contribution < -0.4 is 4.74 Å². The van der Waals surface area contributed by atoms with E-state index in [0.29, 0.717) is 16.3 Å². The van der Waals surface area contributed by atoms with E-state index in [1.807, 2.05) is 0 Å². The fraction of sp³-hybridized carbons (Fsp3) is 0.133. The van der Waals surface area contributed by atoms with Crippen LogP contribution in [0.2, 0.25) is 10.0 Å². The molecule has 0 fully saturated rings. The third kappa shape index (κ3) is 3.80. The molecule has 0 aliphatic carbocycles. The van der Waals surface area contributed by atoms with Crippen molar-refractivity contribution in [3.05, 3.63) is 57.6 Å². The topological polar surface area (TPSA) is 60.4 Å². The molecular formula is C15H12Cl2O4S. The van der Waals surface area contributed by atoms with Gasteiger partial charge in [0.25, 0.3) is 0 Å². The lowest BCUT2D eigenvalue weighted by atomic mass is 10.2. The van der Waals surface area contributed by atoms with Crippen molar-refractivity contribution in [2.24, 2.45) is 0 Å². The summed E-state index contributed by atoms with van der Waals surface area (Å²) in [5, 5.41) is 0.588. The SMILES string of the molecule is Cc1cc(Cl)ccc1OC(=O)c1ccc(Cl)c(S(C)(=O)=O)c1. The molecule has 0 bridgehead atoms. The molecule has 0 radical (unpaired) electrons. The maximum Gasteiger partial charge on any atom is 0.343 e. The molecular weight excluding hydrogens is 347 g/mol. The maximum absolute atomic E-state index is 12.1. The smallest absolute Gasteiger partial charge is 0.343 e. The largest absolute Gasteiger partial charge is 0.423 e. The van der Waals surface area contributed by atoms with Gasteiger partial charge in [0.2, 0.25) is 0 Å². The fourth-order valence-electron chi connectivity index (χ4n) is 1.80. The van der Waals surface area contributed by atoms with Gasteiger partial charge in [-0.25, -0.2) is 13.2 Å². The molecule has 0 unspecified atom stereocenters. The minimum absolute atomic E-state index is 0.0572. The summed E-state index contributed by atoms with van der Waals surface area (Å²) < 4.78 is 28.5. The summed E-state index contributed by atoms with van der Waals surface area (Å²) in [6.45, 7) is 1.75. The monoisotopic (exact) mass is 358 g/mol. The van der Waals surface area contributed by atoms with E-state index in [1.165, 1.54) is 18.2 Å². The van der Waals surface area contributed by atoms with Gasteiger partial charge in [-0.2, -0.15) is 0 Å². The van der Waals surface area contributed by atoms with Crippen LogP contribution >= 0.6 is 23.2 Å². The van der Waals surface area contributed by atoms with Crippen molar-refractivity contribution in [2.45, 2.75) is 11.8 Å². The first kappa shape index (κ1) is 16.8. The molecule has 0 heterocycles. The number of benzene rings is 2. The molecule has 2 rings (SSSR count). The summed E-state index contributed by atoms with van der Waals surface area (Å²) in [4.78, 5) is 12.0. The summed E-state index contributed by atoms with van der Waals surface area (Å²) >= 11 is 11.7. The average Bonchev–Trinajstić information content (AvgIpc) is 2.41. The molecule has 0 spiro atoms. The molecule has 0 saturated heterocycles. The highest BCUT2D eigenvalue weighted by atomic mass is 35.5. The van der Waals surface area contributed by atoms with Gasteiger partial charge in [-0.3, -0.25) is 0 Å². The van der Waals surface area contributed by atoms with E-state index in [4.69, 9.17) is 27.9 Å². The number of carbonyl (C=O) groups excluding carboxylic acids is 1.